The monoisotopic (exact) mass is 381 g/mol. The van der Waals surface area contributed by atoms with Crippen LogP contribution >= 0.6 is 0 Å². The quantitative estimate of drug-likeness (QED) is 0.852. The second-order valence-corrected chi connectivity index (χ2v) is 7.05. The molecule has 146 valence electrons. The van der Waals surface area contributed by atoms with E-state index in [1.807, 2.05) is 49.4 Å². The molecule has 4 rings (SSSR count). The molecule has 0 spiro atoms. The van der Waals surface area contributed by atoms with Gasteiger partial charge in [0.25, 0.3) is 0 Å². The summed E-state index contributed by atoms with van der Waals surface area (Å²) in [7, 11) is 0. The van der Waals surface area contributed by atoms with Crippen molar-refractivity contribution in [3.05, 3.63) is 53.6 Å². The number of ether oxygens (including phenoxy) is 2. The summed E-state index contributed by atoms with van der Waals surface area (Å²) >= 11 is 0. The fourth-order valence-electron chi connectivity index (χ4n) is 3.38. The van der Waals surface area contributed by atoms with Crippen molar-refractivity contribution >= 4 is 17.6 Å². The minimum absolute atomic E-state index is 0.0273. The fourth-order valence-corrected chi connectivity index (χ4v) is 3.38. The Morgan fingerprint density at radius 2 is 1.86 bits per heavy atom. The van der Waals surface area contributed by atoms with Crippen LogP contribution in [0.25, 0.3) is 0 Å². The van der Waals surface area contributed by atoms with Crippen molar-refractivity contribution in [1.82, 2.24) is 10.6 Å². The van der Waals surface area contributed by atoms with Crippen LogP contribution in [-0.4, -0.2) is 37.7 Å². The van der Waals surface area contributed by atoms with E-state index in [0.29, 0.717) is 37.8 Å². The van der Waals surface area contributed by atoms with E-state index < -0.39 is 0 Å². The summed E-state index contributed by atoms with van der Waals surface area (Å²) in [5.74, 6) is 1.30. The Bertz CT molecular complexity index is 882. The minimum Gasteiger partial charge on any atom is -0.486 e. The molecule has 0 saturated carbocycles. The molecule has 2 heterocycles. The van der Waals surface area contributed by atoms with E-state index in [1.54, 1.807) is 4.90 Å². The van der Waals surface area contributed by atoms with Crippen LogP contribution in [0.1, 0.15) is 17.5 Å². The number of hydrogen-bond acceptors (Lipinski definition) is 4. The first-order valence-corrected chi connectivity index (χ1v) is 9.38. The number of rotatable bonds is 4. The molecule has 2 aromatic rings. The van der Waals surface area contributed by atoms with Crippen LogP contribution in [0.5, 0.6) is 11.5 Å². The standard InChI is InChI=1S/C21H23N3O4/c1-14-2-4-15(5-3-14)12-22-21(26)23-16-10-20(25)24(13-16)17-6-7-18-19(11-17)28-9-8-27-18/h2-7,11,16H,8-10,12-13H2,1H3,(H2,22,23,26). The lowest BCUT2D eigenvalue weighted by atomic mass is 10.1. The van der Waals surface area contributed by atoms with Gasteiger partial charge in [0.15, 0.2) is 11.5 Å². The van der Waals surface area contributed by atoms with E-state index in [9.17, 15) is 9.59 Å². The lowest BCUT2D eigenvalue weighted by Crippen LogP contribution is -2.43. The number of hydrogen-bond donors (Lipinski definition) is 2. The largest absolute Gasteiger partial charge is 0.486 e. The third-order valence-electron chi connectivity index (χ3n) is 4.87. The van der Waals surface area contributed by atoms with Gasteiger partial charge in [0, 0.05) is 31.3 Å². The Morgan fingerprint density at radius 3 is 2.64 bits per heavy atom. The Hall–Kier alpha value is -3.22. The third kappa shape index (κ3) is 4.03. The number of fused-ring (bicyclic) bond motifs is 1. The van der Waals surface area contributed by atoms with Gasteiger partial charge in [-0.25, -0.2) is 4.79 Å². The van der Waals surface area contributed by atoms with Gasteiger partial charge in [-0.2, -0.15) is 0 Å². The van der Waals surface area contributed by atoms with E-state index in [-0.39, 0.29) is 24.4 Å². The minimum atomic E-state index is -0.276. The molecule has 0 bridgehead atoms. The van der Waals surface area contributed by atoms with Crippen LogP contribution in [0.15, 0.2) is 42.5 Å². The Morgan fingerprint density at radius 1 is 1.11 bits per heavy atom. The summed E-state index contributed by atoms with van der Waals surface area (Å²) in [5, 5.41) is 5.72. The van der Waals surface area contributed by atoms with Crippen molar-refractivity contribution in [3.63, 3.8) is 0 Å². The van der Waals surface area contributed by atoms with Crippen molar-refractivity contribution < 1.29 is 19.1 Å². The average molecular weight is 381 g/mol. The molecule has 1 fully saturated rings. The molecule has 1 atom stereocenters. The van der Waals surface area contributed by atoms with E-state index >= 15 is 0 Å². The maximum Gasteiger partial charge on any atom is 0.315 e. The Kier molecular flexibility index (Phi) is 5.06. The normalized spacial score (nSPS) is 18.1. The SMILES string of the molecule is Cc1ccc(CNC(=O)NC2CC(=O)N(c3ccc4c(c3)OCCO4)C2)cc1. The van der Waals surface area contributed by atoms with Crippen LogP contribution in [0.4, 0.5) is 10.5 Å². The van der Waals surface area contributed by atoms with E-state index in [4.69, 9.17) is 9.47 Å². The number of nitrogens with one attached hydrogen (secondary N) is 2. The lowest BCUT2D eigenvalue weighted by molar-refractivity contribution is -0.117. The van der Waals surface area contributed by atoms with Crippen molar-refractivity contribution in [1.29, 1.82) is 0 Å². The predicted molar refractivity (Wildman–Crippen MR) is 105 cm³/mol. The summed E-state index contributed by atoms with van der Waals surface area (Å²) in [5.41, 5.74) is 2.96. The second kappa shape index (κ2) is 7.80. The van der Waals surface area contributed by atoms with Gasteiger partial charge in [0.2, 0.25) is 5.91 Å². The number of urea groups is 1. The summed E-state index contributed by atoms with van der Waals surface area (Å²) in [4.78, 5) is 26.3. The number of aryl methyl sites for hydroxylation is 1. The average Bonchev–Trinajstić information content (AvgIpc) is 3.07. The highest BCUT2D eigenvalue weighted by Crippen LogP contribution is 2.35. The Labute approximate surface area is 163 Å². The molecule has 28 heavy (non-hydrogen) atoms. The first kappa shape index (κ1) is 18.2. The number of amides is 3. The van der Waals surface area contributed by atoms with Crippen LogP contribution in [-0.2, 0) is 11.3 Å². The predicted octanol–water partition coefficient (Wildman–Crippen LogP) is 2.37. The molecule has 2 N–H and O–H groups in total. The van der Waals surface area contributed by atoms with Crippen molar-refractivity contribution in [3.8, 4) is 11.5 Å². The van der Waals surface area contributed by atoms with Crippen LogP contribution in [0.3, 0.4) is 0 Å². The van der Waals surface area contributed by atoms with E-state index in [0.717, 1.165) is 11.3 Å². The topological polar surface area (TPSA) is 79.9 Å². The van der Waals surface area contributed by atoms with Gasteiger partial charge in [-0.15, -0.1) is 0 Å². The molecular weight excluding hydrogens is 358 g/mol. The first-order chi connectivity index (χ1) is 13.6. The highest BCUT2D eigenvalue weighted by molar-refractivity contribution is 5.97. The molecule has 0 aliphatic carbocycles. The van der Waals surface area contributed by atoms with E-state index in [2.05, 4.69) is 10.6 Å². The molecule has 2 aliphatic rings. The third-order valence-corrected chi connectivity index (χ3v) is 4.87. The molecule has 3 amide bonds. The summed E-state index contributed by atoms with van der Waals surface area (Å²) in [6.07, 6.45) is 0.270. The van der Waals surface area contributed by atoms with Crippen LogP contribution < -0.4 is 25.0 Å². The molecule has 1 saturated heterocycles. The highest BCUT2D eigenvalue weighted by atomic mass is 16.6. The molecule has 1 unspecified atom stereocenters. The van der Waals surface area contributed by atoms with Gasteiger partial charge in [-0.05, 0) is 24.6 Å². The zero-order chi connectivity index (χ0) is 19.5. The van der Waals surface area contributed by atoms with Gasteiger partial charge in [0.1, 0.15) is 13.2 Å². The zero-order valence-corrected chi connectivity index (χ0v) is 15.7. The van der Waals surface area contributed by atoms with Crippen molar-refractivity contribution in [2.75, 3.05) is 24.7 Å². The summed E-state index contributed by atoms with van der Waals surface area (Å²) < 4.78 is 11.1. The molecule has 7 heteroatoms. The van der Waals surface area contributed by atoms with Crippen molar-refractivity contribution in [2.24, 2.45) is 0 Å². The first-order valence-electron chi connectivity index (χ1n) is 9.38. The maximum atomic E-state index is 12.4. The highest BCUT2D eigenvalue weighted by Gasteiger charge is 2.32. The molecule has 7 nitrogen and oxygen atoms in total. The maximum absolute atomic E-state index is 12.4. The van der Waals surface area contributed by atoms with Gasteiger partial charge in [0.05, 0.1) is 6.04 Å². The molecule has 0 radical (unpaired) electrons. The van der Waals surface area contributed by atoms with E-state index in [1.165, 1.54) is 5.56 Å². The number of carbonyl (C=O) groups is 2. The number of anilines is 1. The summed E-state index contributed by atoms with van der Waals surface area (Å²) in [6.45, 7) is 3.91. The summed E-state index contributed by atoms with van der Waals surface area (Å²) in [6, 6.07) is 12.9. The number of nitrogens with zero attached hydrogens (tertiary/aromatic N) is 1. The van der Waals surface area contributed by atoms with Crippen molar-refractivity contribution in [2.45, 2.75) is 25.9 Å². The van der Waals surface area contributed by atoms with Gasteiger partial charge in [-0.3, -0.25) is 4.79 Å². The smallest absolute Gasteiger partial charge is 0.315 e. The van der Waals surface area contributed by atoms with Gasteiger partial charge >= 0.3 is 6.03 Å². The molecular formula is C21H23N3O4. The molecule has 2 aliphatic heterocycles. The van der Waals surface area contributed by atoms with Crippen LogP contribution in [0.2, 0.25) is 0 Å². The molecule has 2 aromatic carbocycles. The fraction of sp³-hybridized carbons (Fsp3) is 0.333. The van der Waals surface area contributed by atoms with Gasteiger partial charge in [-0.1, -0.05) is 29.8 Å². The number of benzene rings is 2. The second-order valence-electron chi connectivity index (χ2n) is 7.05. The zero-order valence-electron chi connectivity index (χ0n) is 15.7. The number of carbonyl (C=O) groups excluding carboxylic acids is 2. The van der Waals surface area contributed by atoms with Gasteiger partial charge < -0.3 is 25.0 Å². The Balaban J connectivity index is 1.33. The lowest BCUT2D eigenvalue weighted by Gasteiger charge is -2.22. The molecule has 0 aromatic heterocycles. The van der Waals surface area contributed by atoms with Crippen LogP contribution in [0, 0.1) is 6.92 Å².